The lowest BCUT2D eigenvalue weighted by Gasteiger charge is -2.29. The molecule has 5 heteroatoms. The SMILES string of the molecule is CCCCCCOc1ccccc1CN(C(=O)c1ccc(-c2cccnc2)cc1)C(O)c1ccccc1. The number of ether oxygens (including phenoxy) is 1. The number of unbranched alkanes of at least 4 members (excludes halogenated alkanes) is 3. The van der Waals surface area contributed by atoms with Crippen molar-refractivity contribution in [2.24, 2.45) is 0 Å². The van der Waals surface area contributed by atoms with Crippen LogP contribution < -0.4 is 4.74 Å². The van der Waals surface area contributed by atoms with Crippen LogP contribution in [0.3, 0.4) is 0 Å². The molecule has 1 heterocycles. The average Bonchev–Trinajstić information content (AvgIpc) is 2.97. The number of benzene rings is 3. The molecule has 37 heavy (non-hydrogen) atoms. The normalized spacial score (nSPS) is 11.6. The number of carbonyl (C=O) groups excluding carboxylic acids is 1. The number of carbonyl (C=O) groups is 1. The standard InChI is InChI=1S/C32H34N2O3/c1-2-3-4-10-22-37-30-16-9-8-14-29(30)24-34(31(35)26-12-6-5-7-13-26)32(36)27-19-17-25(18-20-27)28-15-11-21-33-23-28/h5-9,11-21,23,31,35H,2-4,10,22,24H2,1H3. The molecule has 4 aromatic rings. The highest BCUT2D eigenvalue weighted by atomic mass is 16.5. The van der Waals surface area contributed by atoms with Crippen molar-refractivity contribution in [1.29, 1.82) is 0 Å². The van der Waals surface area contributed by atoms with Gasteiger partial charge in [-0.2, -0.15) is 0 Å². The molecular formula is C32H34N2O3. The second-order valence-electron chi connectivity index (χ2n) is 9.05. The first-order valence-corrected chi connectivity index (χ1v) is 12.9. The highest BCUT2D eigenvalue weighted by Crippen LogP contribution is 2.28. The molecule has 190 valence electrons. The van der Waals surface area contributed by atoms with Gasteiger partial charge in [0.05, 0.1) is 13.2 Å². The first-order valence-electron chi connectivity index (χ1n) is 12.9. The predicted molar refractivity (Wildman–Crippen MR) is 147 cm³/mol. The van der Waals surface area contributed by atoms with E-state index in [2.05, 4.69) is 11.9 Å². The van der Waals surface area contributed by atoms with E-state index in [0.717, 1.165) is 35.3 Å². The van der Waals surface area contributed by atoms with Gasteiger partial charge in [-0.1, -0.05) is 92.9 Å². The van der Waals surface area contributed by atoms with Crippen molar-refractivity contribution in [3.63, 3.8) is 0 Å². The fraction of sp³-hybridized carbons (Fsp3) is 0.250. The van der Waals surface area contributed by atoms with Gasteiger partial charge >= 0.3 is 0 Å². The van der Waals surface area contributed by atoms with Crippen LogP contribution in [-0.4, -0.2) is 27.5 Å². The Morgan fingerprint density at radius 2 is 1.62 bits per heavy atom. The Hall–Kier alpha value is -3.96. The van der Waals surface area contributed by atoms with Gasteiger partial charge in [0.1, 0.15) is 5.75 Å². The molecule has 0 aliphatic rings. The van der Waals surface area contributed by atoms with Crippen LogP contribution in [0.5, 0.6) is 5.75 Å². The van der Waals surface area contributed by atoms with E-state index >= 15 is 0 Å². The summed E-state index contributed by atoms with van der Waals surface area (Å²) in [6.07, 6.45) is 6.90. The summed E-state index contributed by atoms with van der Waals surface area (Å²) in [5, 5.41) is 11.3. The van der Waals surface area contributed by atoms with E-state index in [1.807, 2.05) is 78.9 Å². The molecular weight excluding hydrogens is 460 g/mol. The zero-order valence-corrected chi connectivity index (χ0v) is 21.3. The number of para-hydroxylation sites is 1. The van der Waals surface area contributed by atoms with E-state index in [0.29, 0.717) is 17.7 Å². The second-order valence-corrected chi connectivity index (χ2v) is 9.05. The van der Waals surface area contributed by atoms with Gasteiger partial charge in [0, 0.05) is 29.1 Å². The van der Waals surface area contributed by atoms with E-state index < -0.39 is 6.23 Å². The molecule has 1 amide bonds. The molecule has 0 aliphatic carbocycles. The van der Waals surface area contributed by atoms with E-state index in [9.17, 15) is 9.90 Å². The average molecular weight is 495 g/mol. The Morgan fingerprint density at radius 3 is 2.35 bits per heavy atom. The van der Waals surface area contributed by atoms with Gasteiger partial charge in [0.15, 0.2) is 6.23 Å². The van der Waals surface area contributed by atoms with Crippen LogP contribution in [0.25, 0.3) is 11.1 Å². The fourth-order valence-corrected chi connectivity index (χ4v) is 4.25. The number of hydrogen-bond donors (Lipinski definition) is 1. The summed E-state index contributed by atoms with van der Waals surface area (Å²) in [5.74, 6) is 0.482. The van der Waals surface area contributed by atoms with Gasteiger partial charge in [-0.05, 0) is 41.8 Å². The highest BCUT2D eigenvalue weighted by Gasteiger charge is 2.26. The minimum absolute atomic E-state index is 0.213. The number of amides is 1. The van der Waals surface area contributed by atoms with Crippen LogP contribution in [-0.2, 0) is 6.54 Å². The molecule has 1 aromatic heterocycles. The van der Waals surface area contributed by atoms with Crippen molar-refractivity contribution >= 4 is 5.91 Å². The largest absolute Gasteiger partial charge is 0.493 e. The van der Waals surface area contributed by atoms with Gasteiger partial charge in [0.25, 0.3) is 5.91 Å². The van der Waals surface area contributed by atoms with Gasteiger partial charge in [-0.15, -0.1) is 0 Å². The van der Waals surface area contributed by atoms with Crippen molar-refractivity contribution < 1.29 is 14.6 Å². The second kappa shape index (κ2) is 13.4. The number of rotatable bonds is 12. The van der Waals surface area contributed by atoms with Gasteiger partial charge in [-0.3, -0.25) is 9.78 Å². The quantitative estimate of drug-likeness (QED) is 0.169. The summed E-state index contributed by atoms with van der Waals surface area (Å²) in [4.78, 5) is 19.4. The molecule has 0 radical (unpaired) electrons. The third kappa shape index (κ3) is 7.05. The highest BCUT2D eigenvalue weighted by molar-refractivity contribution is 5.95. The number of nitrogens with zero attached hydrogens (tertiary/aromatic N) is 2. The van der Waals surface area contributed by atoms with Crippen LogP contribution in [0.4, 0.5) is 0 Å². The third-order valence-electron chi connectivity index (χ3n) is 6.35. The molecule has 4 rings (SSSR count). The molecule has 1 unspecified atom stereocenters. The zero-order valence-electron chi connectivity index (χ0n) is 21.3. The number of aliphatic hydroxyl groups is 1. The van der Waals surface area contributed by atoms with Crippen molar-refractivity contribution in [2.45, 2.75) is 45.4 Å². The monoisotopic (exact) mass is 494 g/mol. The lowest BCUT2D eigenvalue weighted by molar-refractivity contribution is 0.00198. The van der Waals surface area contributed by atoms with Crippen LogP contribution in [0, 0.1) is 0 Å². The maximum absolute atomic E-state index is 13.8. The fourth-order valence-electron chi connectivity index (χ4n) is 4.25. The smallest absolute Gasteiger partial charge is 0.256 e. The van der Waals surface area contributed by atoms with Crippen LogP contribution in [0.2, 0.25) is 0 Å². The van der Waals surface area contributed by atoms with Crippen LogP contribution in [0.1, 0.15) is 60.3 Å². The summed E-state index contributed by atoms with van der Waals surface area (Å²) >= 11 is 0. The Labute approximate surface area is 219 Å². The molecule has 5 nitrogen and oxygen atoms in total. The van der Waals surface area contributed by atoms with E-state index in [1.165, 1.54) is 17.7 Å². The number of aliphatic hydroxyl groups excluding tert-OH is 1. The summed E-state index contributed by atoms with van der Waals surface area (Å²) in [6, 6.07) is 28.3. The van der Waals surface area contributed by atoms with Crippen molar-refractivity contribution in [3.8, 4) is 16.9 Å². The summed E-state index contributed by atoms with van der Waals surface area (Å²) in [7, 11) is 0. The topological polar surface area (TPSA) is 62.7 Å². The van der Waals surface area contributed by atoms with E-state index in [4.69, 9.17) is 4.74 Å². The van der Waals surface area contributed by atoms with Crippen molar-refractivity contribution in [2.75, 3.05) is 6.61 Å². The molecule has 0 spiro atoms. The summed E-state index contributed by atoms with van der Waals surface area (Å²) in [5.41, 5.74) is 3.96. The van der Waals surface area contributed by atoms with Crippen LogP contribution in [0.15, 0.2) is 103 Å². The number of hydrogen-bond acceptors (Lipinski definition) is 4. The molecule has 0 fully saturated rings. The molecule has 1 N–H and O–H groups in total. The molecule has 3 aromatic carbocycles. The lowest BCUT2D eigenvalue weighted by atomic mass is 10.0. The van der Waals surface area contributed by atoms with E-state index in [1.54, 1.807) is 24.5 Å². The minimum Gasteiger partial charge on any atom is -0.493 e. The first-order chi connectivity index (χ1) is 18.2. The molecule has 0 saturated carbocycles. The number of aromatic nitrogens is 1. The van der Waals surface area contributed by atoms with Gasteiger partial charge in [-0.25, -0.2) is 0 Å². The van der Waals surface area contributed by atoms with Crippen LogP contribution >= 0.6 is 0 Å². The van der Waals surface area contributed by atoms with Gasteiger partial charge < -0.3 is 14.7 Å². The summed E-state index contributed by atoms with van der Waals surface area (Å²) in [6.45, 7) is 3.03. The predicted octanol–water partition coefficient (Wildman–Crippen LogP) is 7.04. The molecule has 0 aliphatic heterocycles. The maximum atomic E-state index is 13.8. The Morgan fingerprint density at radius 1 is 0.865 bits per heavy atom. The van der Waals surface area contributed by atoms with Crippen molar-refractivity contribution in [3.05, 3.63) is 120 Å². The molecule has 0 bridgehead atoms. The first kappa shape index (κ1) is 26.1. The van der Waals surface area contributed by atoms with Gasteiger partial charge in [0.2, 0.25) is 0 Å². The number of pyridine rings is 1. The van der Waals surface area contributed by atoms with Crippen molar-refractivity contribution in [1.82, 2.24) is 9.88 Å². The Balaban J connectivity index is 1.58. The molecule has 1 atom stereocenters. The minimum atomic E-state index is -1.11. The molecule has 0 saturated heterocycles. The third-order valence-corrected chi connectivity index (χ3v) is 6.35. The maximum Gasteiger partial charge on any atom is 0.256 e. The lowest BCUT2D eigenvalue weighted by Crippen LogP contribution is -2.34. The summed E-state index contributed by atoms with van der Waals surface area (Å²) < 4.78 is 6.09. The zero-order chi connectivity index (χ0) is 25.9. The van der Waals surface area contributed by atoms with E-state index in [-0.39, 0.29) is 12.5 Å². The Kier molecular flexibility index (Phi) is 9.44. The Bertz CT molecular complexity index is 1240.